The number of hydrogen-bond acceptors (Lipinski definition) is 4. The van der Waals surface area contributed by atoms with Gasteiger partial charge in [-0.15, -0.1) is 0 Å². The van der Waals surface area contributed by atoms with Gasteiger partial charge in [0, 0.05) is 19.3 Å². The van der Waals surface area contributed by atoms with Gasteiger partial charge in [0.1, 0.15) is 0 Å². The van der Waals surface area contributed by atoms with Gasteiger partial charge in [-0.2, -0.15) is 0 Å². The molecule has 4 heteroatoms. The molecular formula is C6H9N4. The second-order valence-electron chi connectivity index (χ2n) is 1.72. The Balaban J connectivity index is 2.43. The van der Waals surface area contributed by atoms with E-state index in [-0.39, 0.29) is 0 Å². The van der Waals surface area contributed by atoms with Crippen LogP contribution in [0.15, 0.2) is 12.3 Å². The highest BCUT2D eigenvalue weighted by atomic mass is 15.1. The molecule has 0 bridgehead atoms. The Labute approximate surface area is 59.5 Å². The van der Waals surface area contributed by atoms with E-state index in [2.05, 4.69) is 21.5 Å². The van der Waals surface area contributed by atoms with E-state index in [1.54, 1.807) is 12.3 Å². The lowest BCUT2D eigenvalue weighted by molar-refractivity contribution is 0.988. The Kier molecular flexibility index (Phi) is 2.63. The molecule has 1 rings (SSSR count). The van der Waals surface area contributed by atoms with Crippen molar-refractivity contribution in [3.05, 3.63) is 18.5 Å². The molecule has 1 heterocycles. The molecule has 10 heavy (non-hydrogen) atoms. The second-order valence-corrected chi connectivity index (χ2v) is 1.72. The summed E-state index contributed by atoms with van der Waals surface area (Å²) < 4.78 is 0. The van der Waals surface area contributed by atoms with Crippen LogP contribution in [0.4, 0.5) is 5.95 Å². The topological polar surface area (TPSA) is 63.8 Å². The minimum absolute atomic E-state index is 0.577. The molecular weight excluding hydrogens is 128 g/mol. The lowest BCUT2D eigenvalue weighted by Crippen LogP contribution is -2.14. The highest BCUT2D eigenvalue weighted by Gasteiger charge is 1.88. The summed E-state index contributed by atoms with van der Waals surface area (Å²) in [4.78, 5) is 7.72. The molecule has 53 valence electrons. The van der Waals surface area contributed by atoms with E-state index < -0.39 is 0 Å². The fourth-order valence-electron chi connectivity index (χ4n) is 0.538. The van der Waals surface area contributed by atoms with E-state index in [1.165, 1.54) is 0 Å². The van der Waals surface area contributed by atoms with Crippen molar-refractivity contribution in [2.45, 2.75) is 0 Å². The largest absolute Gasteiger partial charge is 0.353 e. The SMILES string of the molecule is NCCNc1n[c]ccn1. The van der Waals surface area contributed by atoms with Crippen molar-refractivity contribution < 1.29 is 0 Å². The number of anilines is 1. The summed E-state index contributed by atoms with van der Waals surface area (Å²) in [5.41, 5.74) is 5.25. The van der Waals surface area contributed by atoms with Crippen LogP contribution in [0.25, 0.3) is 0 Å². The summed E-state index contributed by atoms with van der Waals surface area (Å²) in [6.07, 6.45) is 4.28. The normalized spacial score (nSPS) is 9.30. The summed E-state index contributed by atoms with van der Waals surface area (Å²) in [6, 6.07) is 1.65. The highest BCUT2D eigenvalue weighted by Crippen LogP contribution is 1.90. The maximum Gasteiger partial charge on any atom is 0.223 e. The molecule has 0 aromatic carbocycles. The van der Waals surface area contributed by atoms with Crippen LogP contribution < -0.4 is 11.1 Å². The maximum absolute atomic E-state index is 5.25. The average molecular weight is 137 g/mol. The number of hydrogen-bond donors (Lipinski definition) is 2. The molecule has 0 aliphatic heterocycles. The Morgan fingerprint density at radius 3 is 3.20 bits per heavy atom. The molecule has 4 nitrogen and oxygen atoms in total. The first-order valence-electron chi connectivity index (χ1n) is 3.06. The predicted molar refractivity (Wildman–Crippen MR) is 38.4 cm³/mol. The van der Waals surface area contributed by atoms with Crippen molar-refractivity contribution in [3.8, 4) is 0 Å². The van der Waals surface area contributed by atoms with E-state index >= 15 is 0 Å². The zero-order valence-electron chi connectivity index (χ0n) is 5.54. The van der Waals surface area contributed by atoms with Gasteiger partial charge in [0.05, 0.1) is 6.20 Å². The van der Waals surface area contributed by atoms with E-state index in [4.69, 9.17) is 5.73 Å². The van der Waals surface area contributed by atoms with Gasteiger partial charge in [0.2, 0.25) is 5.95 Å². The highest BCUT2D eigenvalue weighted by molar-refractivity contribution is 5.21. The Morgan fingerprint density at radius 1 is 1.70 bits per heavy atom. The quantitative estimate of drug-likeness (QED) is 0.597. The smallest absolute Gasteiger partial charge is 0.223 e. The zero-order chi connectivity index (χ0) is 7.23. The van der Waals surface area contributed by atoms with Crippen LogP contribution in [-0.2, 0) is 0 Å². The molecule has 0 aliphatic carbocycles. The zero-order valence-corrected chi connectivity index (χ0v) is 5.54. The van der Waals surface area contributed by atoms with Crippen molar-refractivity contribution in [3.63, 3.8) is 0 Å². The van der Waals surface area contributed by atoms with Crippen LogP contribution in [-0.4, -0.2) is 23.1 Å². The van der Waals surface area contributed by atoms with Gasteiger partial charge in [-0.25, -0.2) is 9.97 Å². The predicted octanol–water partition coefficient (Wildman–Crippen LogP) is -0.353. The molecule has 0 saturated carbocycles. The van der Waals surface area contributed by atoms with Crippen LogP contribution in [0, 0.1) is 6.20 Å². The maximum atomic E-state index is 5.25. The molecule has 0 fully saturated rings. The molecule has 0 spiro atoms. The van der Waals surface area contributed by atoms with E-state index in [0.717, 1.165) is 0 Å². The Bertz CT molecular complexity index is 174. The van der Waals surface area contributed by atoms with Gasteiger partial charge in [0.25, 0.3) is 0 Å². The number of nitrogens with zero attached hydrogens (tertiary/aromatic N) is 2. The first-order valence-corrected chi connectivity index (χ1v) is 3.06. The fraction of sp³-hybridized carbons (Fsp3) is 0.333. The van der Waals surface area contributed by atoms with Crippen molar-refractivity contribution >= 4 is 5.95 Å². The summed E-state index contributed by atoms with van der Waals surface area (Å²) >= 11 is 0. The Hall–Kier alpha value is -1.16. The molecule has 3 N–H and O–H groups in total. The lowest BCUT2D eigenvalue weighted by atomic mass is 10.6. The van der Waals surface area contributed by atoms with Crippen molar-refractivity contribution in [2.75, 3.05) is 18.4 Å². The number of rotatable bonds is 3. The van der Waals surface area contributed by atoms with Gasteiger partial charge in [-0.1, -0.05) is 0 Å². The van der Waals surface area contributed by atoms with Crippen LogP contribution in [0.5, 0.6) is 0 Å². The minimum Gasteiger partial charge on any atom is -0.353 e. The molecule has 1 aromatic rings. The molecule has 0 aliphatic rings. The summed E-state index contributed by atoms with van der Waals surface area (Å²) in [7, 11) is 0. The minimum atomic E-state index is 0.577. The van der Waals surface area contributed by atoms with Crippen LogP contribution in [0.1, 0.15) is 0 Å². The Morgan fingerprint density at radius 2 is 2.60 bits per heavy atom. The standard InChI is InChI=1S/C6H9N4/c7-2-5-10-6-8-3-1-4-9-6/h1,3H,2,5,7H2,(H,8,9,10). The van der Waals surface area contributed by atoms with Crippen LogP contribution in [0.2, 0.25) is 0 Å². The molecule has 1 radical (unpaired) electrons. The molecule has 0 saturated heterocycles. The molecule has 0 atom stereocenters. The van der Waals surface area contributed by atoms with Gasteiger partial charge >= 0.3 is 0 Å². The molecule has 0 amide bonds. The first kappa shape index (κ1) is 6.95. The first-order chi connectivity index (χ1) is 4.93. The fourth-order valence-corrected chi connectivity index (χ4v) is 0.538. The molecule has 1 aromatic heterocycles. The van der Waals surface area contributed by atoms with E-state index in [0.29, 0.717) is 19.0 Å². The van der Waals surface area contributed by atoms with Crippen LogP contribution >= 0.6 is 0 Å². The van der Waals surface area contributed by atoms with Crippen molar-refractivity contribution in [1.82, 2.24) is 9.97 Å². The van der Waals surface area contributed by atoms with Gasteiger partial charge in [-0.05, 0) is 6.07 Å². The summed E-state index contributed by atoms with van der Waals surface area (Å²) in [5.74, 6) is 0.577. The van der Waals surface area contributed by atoms with Gasteiger partial charge < -0.3 is 11.1 Å². The number of nitrogens with one attached hydrogen (secondary N) is 1. The molecule has 0 unspecified atom stereocenters. The summed E-state index contributed by atoms with van der Waals surface area (Å²) in [5, 5.41) is 2.92. The van der Waals surface area contributed by atoms with Crippen molar-refractivity contribution in [1.29, 1.82) is 0 Å². The lowest BCUT2D eigenvalue weighted by Gasteiger charge is -1.98. The monoisotopic (exact) mass is 137 g/mol. The van der Waals surface area contributed by atoms with Crippen molar-refractivity contribution in [2.24, 2.45) is 5.73 Å². The third kappa shape index (κ3) is 1.99. The second kappa shape index (κ2) is 3.79. The average Bonchev–Trinajstić information content (AvgIpc) is 2.03. The van der Waals surface area contributed by atoms with Gasteiger partial charge in [0.15, 0.2) is 0 Å². The number of aromatic nitrogens is 2. The summed E-state index contributed by atoms with van der Waals surface area (Å²) in [6.45, 7) is 1.27. The third-order valence-electron chi connectivity index (χ3n) is 0.944. The van der Waals surface area contributed by atoms with Crippen LogP contribution in [0.3, 0.4) is 0 Å². The number of nitrogens with two attached hydrogens (primary N) is 1. The third-order valence-corrected chi connectivity index (χ3v) is 0.944. The van der Waals surface area contributed by atoms with Gasteiger partial charge in [-0.3, -0.25) is 0 Å². The van der Waals surface area contributed by atoms with E-state index in [9.17, 15) is 0 Å². The van der Waals surface area contributed by atoms with E-state index in [1.807, 2.05) is 0 Å².